The fourth-order valence-corrected chi connectivity index (χ4v) is 1.56. The lowest BCUT2D eigenvalue weighted by Crippen LogP contribution is -2.55. The smallest absolute Gasteiger partial charge is 0.315 e. The highest BCUT2D eigenvalue weighted by Gasteiger charge is 2.65. The fraction of sp³-hybridized carbons (Fsp3) is 0.500. The van der Waals surface area contributed by atoms with Crippen LogP contribution >= 0.6 is 0 Å². The highest BCUT2D eigenvalue weighted by molar-refractivity contribution is 5.30. The second-order valence-corrected chi connectivity index (χ2v) is 5.11. The van der Waals surface area contributed by atoms with E-state index in [1.54, 1.807) is 0 Å². The van der Waals surface area contributed by atoms with E-state index in [-0.39, 0.29) is 13.8 Å². The maximum Gasteiger partial charge on any atom is 0.315 e. The summed E-state index contributed by atoms with van der Waals surface area (Å²) in [6.07, 6.45) is -4.77. The maximum absolute atomic E-state index is 13.7. The van der Waals surface area contributed by atoms with Crippen molar-refractivity contribution in [3.63, 3.8) is 0 Å². The number of halogens is 10. The molecule has 1 nitrogen and oxygen atoms in total. The van der Waals surface area contributed by atoms with Crippen LogP contribution in [0.4, 0.5) is 43.9 Å². The first-order valence-corrected chi connectivity index (χ1v) is 5.72. The van der Waals surface area contributed by atoms with Gasteiger partial charge in [-0.05, 0) is 13.8 Å². The molecule has 0 bridgehead atoms. The van der Waals surface area contributed by atoms with E-state index in [0.717, 1.165) is 0 Å². The van der Waals surface area contributed by atoms with Crippen LogP contribution in [-0.2, 0) is 5.92 Å². The molecule has 1 N–H and O–H groups in total. The second kappa shape index (κ2) is 5.53. The van der Waals surface area contributed by atoms with E-state index < -0.39 is 58.3 Å². The first-order valence-electron chi connectivity index (χ1n) is 5.72. The van der Waals surface area contributed by atoms with Gasteiger partial charge in [-0.1, -0.05) is 0 Å². The van der Waals surface area contributed by atoms with Gasteiger partial charge in [0.2, 0.25) is 12.0 Å². The van der Waals surface area contributed by atoms with Crippen LogP contribution in [0.3, 0.4) is 0 Å². The van der Waals surface area contributed by atoms with Crippen molar-refractivity contribution in [2.24, 2.45) is 0 Å². The molecule has 0 heterocycles. The molecule has 0 aliphatic carbocycles. The van der Waals surface area contributed by atoms with E-state index >= 15 is 0 Å². The Balaban J connectivity index is 3.64. The van der Waals surface area contributed by atoms with Crippen molar-refractivity contribution in [3.05, 3.63) is 34.6 Å². The minimum atomic E-state index is -5.83. The van der Waals surface area contributed by atoms with Gasteiger partial charge in [0.05, 0.1) is 0 Å². The molecule has 0 aliphatic heterocycles. The average molecular weight is 358 g/mol. The predicted molar refractivity (Wildman–Crippen MR) is 56.3 cm³/mol. The summed E-state index contributed by atoms with van der Waals surface area (Å²) >= 11 is 0. The molecule has 0 radical (unpaired) electrons. The Kier molecular flexibility index (Phi) is 4.70. The lowest BCUT2D eigenvalue weighted by atomic mass is 9.89. The van der Waals surface area contributed by atoms with E-state index in [9.17, 15) is 43.9 Å². The number of hydrogen-bond donors (Lipinski definition) is 1. The van der Waals surface area contributed by atoms with Crippen LogP contribution in [0, 0.1) is 29.1 Å². The zero-order valence-corrected chi connectivity index (χ0v) is 11.3. The molecular weight excluding hydrogens is 350 g/mol. The van der Waals surface area contributed by atoms with Crippen molar-refractivity contribution >= 4 is 0 Å². The van der Waals surface area contributed by atoms with Gasteiger partial charge in [-0.2, -0.15) is 17.6 Å². The topological polar surface area (TPSA) is 20.2 Å². The summed E-state index contributed by atoms with van der Waals surface area (Å²) in [6.45, 7) is 0.433. The van der Waals surface area contributed by atoms with Gasteiger partial charge in [0.25, 0.3) is 0 Å². The highest BCUT2D eigenvalue weighted by atomic mass is 19.3. The quantitative estimate of drug-likeness (QED) is 0.486. The summed E-state index contributed by atoms with van der Waals surface area (Å²) < 4.78 is 133. The van der Waals surface area contributed by atoms with Crippen molar-refractivity contribution < 1.29 is 49.0 Å². The van der Waals surface area contributed by atoms with Crippen LogP contribution in [0.2, 0.25) is 0 Å². The molecule has 1 unspecified atom stereocenters. The molecule has 0 saturated heterocycles. The Morgan fingerprint density at radius 2 is 1.04 bits per heavy atom. The highest BCUT2D eigenvalue weighted by Crippen LogP contribution is 2.47. The lowest BCUT2D eigenvalue weighted by molar-refractivity contribution is -0.253. The average Bonchev–Trinajstić information content (AvgIpc) is 2.40. The maximum atomic E-state index is 13.7. The molecule has 1 aromatic carbocycles. The van der Waals surface area contributed by atoms with E-state index in [1.807, 2.05) is 0 Å². The van der Waals surface area contributed by atoms with Crippen LogP contribution < -0.4 is 0 Å². The molecule has 1 aromatic rings. The Morgan fingerprint density at radius 3 is 1.35 bits per heavy atom. The normalized spacial score (nSPS) is 15.0. The fourth-order valence-electron chi connectivity index (χ4n) is 1.56. The third-order valence-electron chi connectivity index (χ3n) is 3.00. The van der Waals surface area contributed by atoms with E-state index in [1.165, 1.54) is 0 Å². The van der Waals surface area contributed by atoms with Gasteiger partial charge in [0, 0.05) is 0 Å². The summed E-state index contributed by atoms with van der Waals surface area (Å²) in [5, 5.41) is 9.00. The Labute approximate surface area is 122 Å². The Morgan fingerprint density at radius 1 is 0.739 bits per heavy atom. The minimum Gasteiger partial charge on any atom is -0.384 e. The van der Waals surface area contributed by atoms with E-state index in [4.69, 9.17) is 5.11 Å². The molecule has 1 atom stereocenters. The van der Waals surface area contributed by atoms with Gasteiger partial charge in [0.1, 0.15) is 11.2 Å². The van der Waals surface area contributed by atoms with Crippen molar-refractivity contribution in [1.82, 2.24) is 0 Å². The number of rotatable bonds is 4. The van der Waals surface area contributed by atoms with Gasteiger partial charge in [-0.25, -0.2) is 26.3 Å². The second-order valence-electron chi connectivity index (χ2n) is 5.11. The zero-order chi connectivity index (χ0) is 18.5. The van der Waals surface area contributed by atoms with Crippen LogP contribution in [-0.4, -0.2) is 22.8 Å². The molecule has 23 heavy (non-hydrogen) atoms. The standard InChI is InChI=1S/C12H8F10O/c1-10(2,23)12(21,22)9(18)11(19,20)3-4(13)6(15)8(17)7(16)5(3)14/h9,23H,1-2H3. The first-order chi connectivity index (χ1) is 10.1. The summed E-state index contributed by atoms with van der Waals surface area (Å²) in [5.74, 6) is -25.9. The van der Waals surface area contributed by atoms with Gasteiger partial charge < -0.3 is 5.11 Å². The van der Waals surface area contributed by atoms with Crippen LogP contribution in [0.15, 0.2) is 0 Å². The summed E-state index contributed by atoms with van der Waals surface area (Å²) in [4.78, 5) is 0. The minimum absolute atomic E-state index is 0.216. The molecule has 0 aromatic heterocycles. The van der Waals surface area contributed by atoms with Crippen molar-refractivity contribution in [2.75, 3.05) is 0 Å². The molecule has 0 aliphatic rings. The van der Waals surface area contributed by atoms with E-state index in [0.29, 0.717) is 0 Å². The summed E-state index contributed by atoms with van der Waals surface area (Å²) in [7, 11) is 0. The van der Waals surface area contributed by atoms with Crippen LogP contribution in [0.25, 0.3) is 0 Å². The number of hydrogen-bond acceptors (Lipinski definition) is 1. The summed E-state index contributed by atoms with van der Waals surface area (Å²) in [5.41, 5.74) is -6.47. The molecular formula is C12H8F10O. The van der Waals surface area contributed by atoms with Crippen LogP contribution in [0.5, 0.6) is 0 Å². The zero-order valence-electron chi connectivity index (χ0n) is 11.3. The monoisotopic (exact) mass is 358 g/mol. The van der Waals surface area contributed by atoms with Gasteiger partial charge in [0.15, 0.2) is 23.3 Å². The van der Waals surface area contributed by atoms with Gasteiger partial charge in [-0.3, -0.25) is 0 Å². The third kappa shape index (κ3) is 2.86. The molecule has 11 heteroatoms. The first kappa shape index (κ1) is 19.5. The molecule has 132 valence electrons. The number of aliphatic hydroxyl groups is 1. The lowest BCUT2D eigenvalue weighted by Gasteiger charge is -2.35. The van der Waals surface area contributed by atoms with Crippen molar-refractivity contribution in [2.45, 2.75) is 37.5 Å². The predicted octanol–water partition coefficient (Wildman–Crippen LogP) is 4.22. The number of benzene rings is 1. The van der Waals surface area contributed by atoms with Crippen molar-refractivity contribution in [1.29, 1.82) is 0 Å². The third-order valence-corrected chi connectivity index (χ3v) is 3.00. The number of alkyl halides is 5. The molecule has 0 amide bonds. The largest absolute Gasteiger partial charge is 0.384 e. The van der Waals surface area contributed by atoms with E-state index in [2.05, 4.69) is 0 Å². The van der Waals surface area contributed by atoms with Gasteiger partial charge in [-0.15, -0.1) is 0 Å². The van der Waals surface area contributed by atoms with Gasteiger partial charge >= 0.3 is 11.8 Å². The Bertz CT molecular complexity index is 590. The Hall–Kier alpha value is -1.52. The molecule has 0 spiro atoms. The molecule has 0 fully saturated rings. The SMILES string of the molecule is CC(C)(O)C(F)(F)C(F)C(F)(F)c1c(F)c(F)c(F)c(F)c1F. The van der Waals surface area contributed by atoms with Crippen molar-refractivity contribution in [3.8, 4) is 0 Å². The molecule has 0 saturated carbocycles. The molecule has 1 rings (SSSR count). The van der Waals surface area contributed by atoms with Crippen LogP contribution in [0.1, 0.15) is 19.4 Å². The summed E-state index contributed by atoms with van der Waals surface area (Å²) in [6, 6.07) is 0.